The van der Waals surface area contributed by atoms with Crippen molar-refractivity contribution in [1.29, 1.82) is 0 Å². The SMILES string of the molecule is CC(=O)c1ccc([C@@H]2C=C[C@H](O)[C@@H](CO)O2)cc1. The van der Waals surface area contributed by atoms with Gasteiger partial charge in [-0.2, -0.15) is 0 Å². The van der Waals surface area contributed by atoms with Crippen LogP contribution in [0.15, 0.2) is 36.4 Å². The second kappa shape index (κ2) is 5.44. The predicted octanol–water partition coefficient (Wildman–Crippen LogP) is 1.24. The second-order valence-electron chi connectivity index (χ2n) is 4.33. The molecule has 4 heteroatoms. The topological polar surface area (TPSA) is 66.8 Å². The van der Waals surface area contributed by atoms with E-state index in [1.165, 1.54) is 6.92 Å². The Kier molecular flexibility index (Phi) is 3.91. The number of carbonyl (C=O) groups is 1. The van der Waals surface area contributed by atoms with Crippen molar-refractivity contribution in [2.45, 2.75) is 25.2 Å². The number of ether oxygens (including phenoxy) is 1. The standard InChI is InChI=1S/C14H16O4/c1-9(16)10-2-4-11(5-3-10)13-7-6-12(17)14(8-15)18-13/h2-7,12-15,17H,8H2,1H3/t12-,13-,14+/m0/s1. The first-order valence-electron chi connectivity index (χ1n) is 5.85. The van der Waals surface area contributed by atoms with E-state index in [1.54, 1.807) is 24.3 Å². The Balaban J connectivity index is 2.17. The van der Waals surface area contributed by atoms with Gasteiger partial charge in [-0.1, -0.05) is 36.4 Å². The van der Waals surface area contributed by atoms with Crippen molar-refractivity contribution in [3.8, 4) is 0 Å². The van der Waals surface area contributed by atoms with Crippen molar-refractivity contribution in [1.82, 2.24) is 0 Å². The number of Topliss-reactive ketones (excluding diaryl/α,β-unsaturated/α-hetero) is 1. The molecule has 0 unspecified atom stereocenters. The maximum Gasteiger partial charge on any atom is 0.159 e. The summed E-state index contributed by atoms with van der Waals surface area (Å²) in [5, 5.41) is 18.6. The summed E-state index contributed by atoms with van der Waals surface area (Å²) in [7, 11) is 0. The Morgan fingerprint density at radius 2 is 1.94 bits per heavy atom. The molecule has 18 heavy (non-hydrogen) atoms. The highest BCUT2D eigenvalue weighted by atomic mass is 16.5. The van der Waals surface area contributed by atoms with Gasteiger partial charge in [-0.25, -0.2) is 0 Å². The molecule has 4 nitrogen and oxygen atoms in total. The fourth-order valence-electron chi connectivity index (χ4n) is 1.90. The highest BCUT2D eigenvalue weighted by Crippen LogP contribution is 2.26. The molecule has 3 atom stereocenters. The fourth-order valence-corrected chi connectivity index (χ4v) is 1.90. The molecule has 1 aromatic rings. The van der Waals surface area contributed by atoms with Crippen molar-refractivity contribution < 1.29 is 19.7 Å². The molecule has 0 saturated carbocycles. The molecule has 96 valence electrons. The molecular formula is C14H16O4. The number of hydrogen-bond donors (Lipinski definition) is 2. The molecule has 1 aromatic carbocycles. The summed E-state index contributed by atoms with van der Waals surface area (Å²) >= 11 is 0. The Labute approximate surface area is 106 Å². The summed E-state index contributed by atoms with van der Waals surface area (Å²) in [5.74, 6) is 0.0188. The average molecular weight is 248 g/mol. The summed E-state index contributed by atoms with van der Waals surface area (Å²) in [6.45, 7) is 1.29. The first-order chi connectivity index (χ1) is 8.61. The van der Waals surface area contributed by atoms with Crippen LogP contribution in [0.1, 0.15) is 28.9 Å². The number of aliphatic hydroxyl groups excluding tert-OH is 2. The Bertz CT molecular complexity index is 449. The van der Waals surface area contributed by atoms with Gasteiger partial charge in [0.25, 0.3) is 0 Å². The smallest absolute Gasteiger partial charge is 0.159 e. The van der Waals surface area contributed by atoms with E-state index in [-0.39, 0.29) is 18.5 Å². The van der Waals surface area contributed by atoms with Gasteiger partial charge in [-0.3, -0.25) is 4.79 Å². The van der Waals surface area contributed by atoms with Crippen LogP contribution in [0, 0.1) is 0 Å². The molecule has 0 amide bonds. The van der Waals surface area contributed by atoms with E-state index in [9.17, 15) is 9.90 Å². The zero-order chi connectivity index (χ0) is 13.1. The molecular weight excluding hydrogens is 232 g/mol. The zero-order valence-electron chi connectivity index (χ0n) is 10.1. The highest BCUT2D eigenvalue weighted by molar-refractivity contribution is 5.94. The van der Waals surface area contributed by atoms with Gasteiger partial charge in [0.15, 0.2) is 5.78 Å². The molecule has 1 heterocycles. The lowest BCUT2D eigenvalue weighted by atomic mass is 10.0. The molecule has 0 radical (unpaired) electrons. The van der Waals surface area contributed by atoms with E-state index in [4.69, 9.17) is 9.84 Å². The van der Waals surface area contributed by atoms with Gasteiger partial charge < -0.3 is 14.9 Å². The molecule has 0 aliphatic carbocycles. The minimum atomic E-state index is -0.775. The second-order valence-corrected chi connectivity index (χ2v) is 4.33. The van der Waals surface area contributed by atoms with Crippen LogP contribution in [0.4, 0.5) is 0 Å². The molecule has 0 aromatic heterocycles. The number of aliphatic hydroxyl groups is 2. The monoisotopic (exact) mass is 248 g/mol. The highest BCUT2D eigenvalue weighted by Gasteiger charge is 2.25. The van der Waals surface area contributed by atoms with Crippen LogP contribution in [0.5, 0.6) is 0 Å². The van der Waals surface area contributed by atoms with E-state index >= 15 is 0 Å². The van der Waals surface area contributed by atoms with Crippen LogP contribution in [0.25, 0.3) is 0 Å². The minimum absolute atomic E-state index is 0.0188. The molecule has 0 fully saturated rings. The summed E-state index contributed by atoms with van der Waals surface area (Å²) < 4.78 is 5.56. The molecule has 0 spiro atoms. The normalized spacial score (nSPS) is 27.2. The molecule has 1 aliphatic heterocycles. The van der Waals surface area contributed by atoms with Crippen LogP contribution < -0.4 is 0 Å². The summed E-state index contributed by atoms with van der Waals surface area (Å²) in [6.07, 6.45) is 1.69. The minimum Gasteiger partial charge on any atom is -0.394 e. The van der Waals surface area contributed by atoms with E-state index in [0.29, 0.717) is 5.56 Å². The van der Waals surface area contributed by atoms with Crippen LogP contribution in [-0.2, 0) is 4.74 Å². The van der Waals surface area contributed by atoms with E-state index < -0.39 is 12.2 Å². The van der Waals surface area contributed by atoms with Crippen molar-refractivity contribution in [3.05, 3.63) is 47.5 Å². The first kappa shape index (κ1) is 13.0. The Hall–Kier alpha value is -1.49. The number of rotatable bonds is 3. The molecule has 0 saturated heterocycles. The summed E-state index contributed by atoms with van der Waals surface area (Å²) in [5.41, 5.74) is 1.54. The number of hydrogen-bond acceptors (Lipinski definition) is 4. The number of carbonyl (C=O) groups excluding carboxylic acids is 1. The maximum absolute atomic E-state index is 11.2. The third kappa shape index (κ3) is 2.67. The largest absolute Gasteiger partial charge is 0.394 e. The zero-order valence-corrected chi connectivity index (χ0v) is 10.1. The molecule has 2 rings (SSSR count). The lowest BCUT2D eigenvalue weighted by molar-refractivity contribution is -0.0805. The average Bonchev–Trinajstić information content (AvgIpc) is 2.39. The number of benzene rings is 1. The first-order valence-corrected chi connectivity index (χ1v) is 5.85. The van der Waals surface area contributed by atoms with Gasteiger partial charge in [-0.15, -0.1) is 0 Å². The summed E-state index contributed by atoms with van der Waals surface area (Å²) in [6, 6.07) is 7.12. The van der Waals surface area contributed by atoms with Gasteiger partial charge in [-0.05, 0) is 12.5 Å². The third-order valence-corrected chi connectivity index (χ3v) is 3.01. The maximum atomic E-state index is 11.2. The Morgan fingerprint density at radius 3 is 2.50 bits per heavy atom. The van der Waals surface area contributed by atoms with Gasteiger partial charge in [0.1, 0.15) is 18.3 Å². The molecule has 0 bridgehead atoms. The van der Waals surface area contributed by atoms with Crippen molar-refractivity contribution in [3.63, 3.8) is 0 Å². The summed E-state index contributed by atoms with van der Waals surface area (Å²) in [4.78, 5) is 11.2. The van der Waals surface area contributed by atoms with E-state index in [1.807, 2.05) is 12.1 Å². The van der Waals surface area contributed by atoms with Crippen LogP contribution in [-0.4, -0.2) is 34.8 Å². The van der Waals surface area contributed by atoms with Crippen LogP contribution in [0.3, 0.4) is 0 Å². The Morgan fingerprint density at radius 1 is 1.28 bits per heavy atom. The third-order valence-electron chi connectivity index (χ3n) is 3.01. The van der Waals surface area contributed by atoms with Crippen molar-refractivity contribution in [2.75, 3.05) is 6.61 Å². The number of ketones is 1. The van der Waals surface area contributed by atoms with E-state index in [2.05, 4.69) is 0 Å². The predicted molar refractivity (Wildman–Crippen MR) is 66.3 cm³/mol. The van der Waals surface area contributed by atoms with Crippen molar-refractivity contribution >= 4 is 5.78 Å². The van der Waals surface area contributed by atoms with Gasteiger partial charge >= 0.3 is 0 Å². The lowest BCUT2D eigenvalue weighted by Crippen LogP contribution is -2.35. The fraction of sp³-hybridized carbons (Fsp3) is 0.357. The van der Waals surface area contributed by atoms with Crippen LogP contribution >= 0.6 is 0 Å². The molecule has 2 N–H and O–H groups in total. The van der Waals surface area contributed by atoms with Crippen molar-refractivity contribution in [2.24, 2.45) is 0 Å². The van der Waals surface area contributed by atoms with Gasteiger partial charge in [0, 0.05) is 5.56 Å². The quantitative estimate of drug-likeness (QED) is 0.624. The van der Waals surface area contributed by atoms with Crippen LogP contribution in [0.2, 0.25) is 0 Å². The van der Waals surface area contributed by atoms with E-state index in [0.717, 1.165) is 5.56 Å². The van der Waals surface area contributed by atoms with Gasteiger partial charge in [0.05, 0.1) is 6.61 Å². The lowest BCUT2D eigenvalue weighted by Gasteiger charge is -2.28. The molecule has 1 aliphatic rings. The van der Waals surface area contributed by atoms with Gasteiger partial charge in [0.2, 0.25) is 0 Å².